The van der Waals surface area contributed by atoms with E-state index in [2.05, 4.69) is 17.4 Å². The van der Waals surface area contributed by atoms with E-state index in [1.54, 1.807) is 29.5 Å². The summed E-state index contributed by atoms with van der Waals surface area (Å²) in [5, 5.41) is 3.93. The molecule has 1 amide bonds. The van der Waals surface area contributed by atoms with Crippen molar-refractivity contribution in [3.8, 4) is 0 Å². The minimum absolute atomic E-state index is 0.131. The SMILES string of the molecule is C[C@H](C(=O)Nc1ccccc1F)[NH+]1CCC(c2nc3ccccc3s2)CC1. The van der Waals surface area contributed by atoms with Crippen LogP contribution < -0.4 is 10.2 Å². The summed E-state index contributed by atoms with van der Waals surface area (Å²) < 4.78 is 15.0. The third kappa shape index (κ3) is 3.87. The van der Waals surface area contributed by atoms with Gasteiger partial charge < -0.3 is 10.2 Å². The third-order valence-corrected chi connectivity index (χ3v) is 6.62. The molecule has 0 spiro atoms. The fourth-order valence-corrected chi connectivity index (χ4v) is 4.86. The first-order valence-electron chi connectivity index (χ1n) is 9.37. The smallest absolute Gasteiger partial charge is 0.282 e. The molecule has 1 aliphatic heterocycles. The van der Waals surface area contributed by atoms with Gasteiger partial charge >= 0.3 is 0 Å². The number of nitrogens with zero attached hydrogens (tertiary/aromatic N) is 1. The molecule has 1 atom stereocenters. The van der Waals surface area contributed by atoms with E-state index in [0.29, 0.717) is 5.92 Å². The van der Waals surface area contributed by atoms with Crippen LogP contribution in [0, 0.1) is 5.82 Å². The Morgan fingerprint density at radius 1 is 1.19 bits per heavy atom. The zero-order valence-corrected chi connectivity index (χ0v) is 16.1. The highest BCUT2D eigenvalue weighted by Crippen LogP contribution is 2.31. The van der Waals surface area contributed by atoms with Crippen LogP contribution in [-0.2, 0) is 4.79 Å². The first-order valence-corrected chi connectivity index (χ1v) is 10.2. The lowest BCUT2D eigenvalue weighted by molar-refractivity contribution is -0.919. The molecule has 0 aliphatic carbocycles. The van der Waals surface area contributed by atoms with Gasteiger partial charge in [0.15, 0.2) is 6.04 Å². The van der Waals surface area contributed by atoms with Gasteiger partial charge in [0.2, 0.25) is 0 Å². The maximum atomic E-state index is 13.8. The number of fused-ring (bicyclic) bond motifs is 1. The largest absolute Gasteiger partial charge is 0.325 e. The van der Waals surface area contributed by atoms with Gasteiger partial charge in [0.05, 0.1) is 34.0 Å². The molecule has 0 bridgehead atoms. The van der Waals surface area contributed by atoms with E-state index in [-0.39, 0.29) is 17.6 Å². The summed E-state index contributed by atoms with van der Waals surface area (Å²) in [6.45, 7) is 3.77. The maximum absolute atomic E-state index is 13.8. The molecular weight excluding hydrogens is 361 g/mol. The minimum atomic E-state index is -0.400. The van der Waals surface area contributed by atoms with Crippen LogP contribution in [0.2, 0.25) is 0 Å². The normalized spacial score (nSPS) is 21.1. The number of quaternary nitrogens is 1. The molecule has 0 saturated carbocycles. The highest BCUT2D eigenvalue weighted by atomic mass is 32.1. The Labute approximate surface area is 162 Å². The van der Waals surface area contributed by atoms with Crippen LogP contribution in [-0.4, -0.2) is 30.0 Å². The predicted molar refractivity (Wildman–Crippen MR) is 107 cm³/mol. The average Bonchev–Trinajstić information content (AvgIpc) is 3.13. The molecule has 4 rings (SSSR count). The van der Waals surface area contributed by atoms with Crippen LogP contribution in [0.25, 0.3) is 10.2 Å². The lowest BCUT2D eigenvalue weighted by Gasteiger charge is -2.31. The number of aromatic nitrogens is 1. The minimum Gasteiger partial charge on any atom is -0.325 e. The monoisotopic (exact) mass is 384 g/mol. The Morgan fingerprint density at radius 3 is 2.63 bits per heavy atom. The molecule has 0 unspecified atom stereocenters. The van der Waals surface area contributed by atoms with Crippen LogP contribution in [0.3, 0.4) is 0 Å². The second-order valence-corrected chi connectivity index (χ2v) is 8.21. The number of para-hydroxylation sites is 2. The van der Waals surface area contributed by atoms with Crippen LogP contribution in [0.15, 0.2) is 48.5 Å². The molecule has 140 valence electrons. The second kappa shape index (κ2) is 7.74. The molecule has 1 aromatic heterocycles. The number of benzene rings is 2. The fourth-order valence-electron chi connectivity index (χ4n) is 3.72. The number of hydrogen-bond donors (Lipinski definition) is 2. The molecule has 27 heavy (non-hydrogen) atoms. The number of thiazole rings is 1. The molecule has 4 nitrogen and oxygen atoms in total. The lowest BCUT2D eigenvalue weighted by atomic mass is 9.96. The van der Waals surface area contributed by atoms with Crippen LogP contribution in [0.4, 0.5) is 10.1 Å². The first-order chi connectivity index (χ1) is 13.1. The predicted octanol–water partition coefficient (Wildman–Crippen LogP) is 3.22. The molecule has 1 fully saturated rings. The van der Waals surface area contributed by atoms with Crippen molar-refractivity contribution in [3.63, 3.8) is 0 Å². The van der Waals surface area contributed by atoms with Gasteiger partial charge in [-0.25, -0.2) is 9.37 Å². The number of anilines is 1. The van der Waals surface area contributed by atoms with Gasteiger partial charge in [-0.1, -0.05) is 24.3 Å². The van der Waals surface area contributed by atoms with E-state index >= 15 is 0 Å². The molecule has 6 heteroatoms. The molecule has 1 saturated heterocycles. The number of likely N-dealkylation sites (tertiary alicyclic amines) is 1. The molecule has 3 aromatic rings. The quantitative estimate of drug-likeness (QED) is 0.726. The van der Waals surface area contributed by atoms with Crippen molar-refractivity contribution in [2.75, 3.05) is 18.4 Å². The Balaban J connectivity index is 1.36. The van der Waals surface area contributed by atoms with E-state index < -0.39 is 5.82 Å². The molecule has 1 aliphatic rings. The number of amides is 1. The number of carbonyl (C=O) groups excluding carboxylic acids is 1. The Hall–Kier alpha value is -2.31. The van der Waals surface area contributed by atoms with E-state index in [1.807, 2.05) is 19.1 Å². The highest BCUT2D eigenvalue weighted by Gasteiger charge is 2.32. The van der Waals surface area contributed by atoms with E-state index in [9.17, 15) is 9.18 Å². The van der Waals surface area contributed by atoms with Gasteiger partial charge in [0.25, 0.3) is 5.91 Å². The Kier molecular flexibility index (Phi) is 5.18. The van der Waals surface area contributed by atoms with Crippen molar-refractivity contribution in [3.05, 3.63) is 59.4 Å². The molecular formula is C21H23FN3OS+. The van der Waals surface area contributed by atoms with Gasteiger partial charge in [-0.3, -0.25) is 4.79 Å². The molecule has 2 heterocycles. The van der Waals surface area contributed by atoms with Gasteiger partial charge in [0, 0.05) is 18.8 Å². The number of halogens is 1. The Morgan fingerprint density at radius 2 is 1.89 bits per heavy atom. The summed E-state index contributed by atoms with van der Waals surface area (Å²) in [7, 11) is 0. The molecule has 2 aromatic carbocycles. The number of rotatable bonds is 4. The van der Waals surface area contributed by atoms with E-state index in [4.69, 9.17) is 4.98 Å². The topological polar surface area (TPSA) is 46.4 Å². The highest BCUT2D eigenvalue weighted by molar-refractivity contribution is 7.18. The number of carbonyl (C=O) groups is 1. The van der Waals surface area contributed by atoms with Crippen LogP contribution in [0.1, 0.15) is 30.7 Å². The van der Waals surface area contributed by atoms with Crippen molar-refractivity contribution in [2.24, 2.45) is 0 Å². The zero-order chi connectivity index (χ0) is 18.8. The van der Waals surface area contributed by atoms with E-state index in [0.717, 1.165) is 31.4 Å². The number of piperidine rings is 1. The lowest BCUT2D eigenvalue weighted by Crippen LogP contribution is -3.17. The summed E-state index contributed by atoms with van der Waals surface area (Å²) in [5.74, 6) is -0.0656. The second-order valence-electron chi connectivity index (χ2n) is 7.14. The fraction of sp³-hybridized carbons (Fsp3) is 0.333. The standard InChI is InChI=1S/C21H22FN3OS/c1-14(20(26)23-17-7-3-2-6-16(17)22)25-12-10-15(11-13-25)21-24-18-8-4-5-9-19(18)27-21/h2-9,14-15H,10-13H2,1H3,(H,23,26)/p+1/t14-/m1/s1. The average molecular weight is 385 g/mol. The first kappa shape index (κ1) is 18.1. The van der Waals surface area contributed by atoms with Crippen molar-refractivity contribution in [1.82, 2.24) is 4.98 Å². The van der Waals surface area contributed by atoms with Crippen molar-refractivity contribution in [2.45, 2.75) is 31.7 Å². The number of hydrogen-bond acceptors (Lipinski definition) is 3. The van der Waals surface area contributed by atoms with Crippen molar-refractivity contribution in [1.29, 1.82) is 0 Å². The van der Waals surface area contributed by atoms with Gasteiger partial charge in [-0.15, -0.1) is 11.3 Å². The molecule has 2 N–H and O–H groups in total. The maximum Gasteiger partial charge on any atom is 0.282 e. The summed E-state index contributed by atoms with van der Waals surface area (Å²) >= 11 is 1.78. The third-order valence-electron chi connectivity index (χ3n) is 5.42. The van der Waals surface area contributed by atoms with E-state index in [1.165, 1.54) is 20.7 Å². The van der Waals surface area contributed by atoms with Crippen molar-refractivity contribution >= 4 is 33.1 Å². The summed E-state index contributed by atoms with van der Waals surface area (Å²) in [4.78, 5) is 18.6. The van der Waals surface area contributed by atoms with Gasteiger partial charge in [0.1, 0.15) is 5.82 Å². The zero-order valence-electron chi connectivity index (χ0n) is 15.2. The summed E-state index contributed by atoms with van der Waals surface area (Å²) in [6.07, 6.45) is 2.04. The van der Waals surface area contributed by atoms with Crippen LogP contribution >= 0.6 is 11.3 Å². The summed E-state index contributed by atoms with van der Waals surface area (Å²) in [6, 6.07) is 14.3. The van der Waals surface area contributed by atoms with Gasteiger partial charge in [-0.05, 0) is 31.2 Å². The Bertz CT molecular complexity index is 916. The number of nitrogens with one attached hydrogen (secondary N) is 2. The summed E-state index contributed by atoms with van der Waals surface area (Å²) in [5.41, 5.74) is 1.32. The molecule has 0 radical (unpaired) electrons. The van der Waals surface area contributed by atoms with Crippen molar-refractivity contribution < 1.29 is 14.1 Å². The van der Waals surface area contributed by atoms with Crippen LogP contribution in [0.5, 0.6) is 0 Å². The van der Waals surface area contributed by atoms with Gasteiger partial charge in [-0.2, -0.15) is 0 Å².